The first-order valence-corrected chi connectivity index (χ1v) is 10.7. The SMILES string of the molecule is O=C(Cc1ccccc1O)N1CCN(S(=O)(=O)c2cc(C(F)(F)F)ccc2Cl)CC1. The number of piperazine rings is 1. The van der Waals surface area contributed by atoms with Crippen LogP contribution in [0.3, 0.4) is 0 Å². The molecule has 0 spiro atoms. The number of benzene rings is 2. The van der Waals surface area contributed by atoms with Gasteiger partial charge in [-0.05, 0) is 24.3 Å². The number of phenols is 1. The fraction of sp³-hybridized carbons (Fsp3) is 0.316. The summed E-state index contributed by atoms with van der Waals surface area (Å²) in [4.78, 5) is 13.3. The summed E-state index contributed by atoms with van der Waals surface area (Å²) in [6.45, 7) is -0.0205. The van der Waals surface area contributed by atoms with Crippen LogP contribution in [0.4, 0.5) is 13.2 Å². The summed E-state index contributed by atoms with van der Waals surface area (Å²) in [6.07, 6.45) is -4.75. The van der Waals surface area contributed by atoms with Crippen molar-refractivity contribution in [1.29, 1.82) is 0 Å². The Kier molecular flexibility index (Phi) is 6.30. The second-order valence-corrected chi connectivity index (χ2v) is 9.05. The summed E-state index contributed by atoms with van der Waals surface area (Å²) in [6, 6.07) is 8.54. The Morgan fingerprint density at radius 1 is 1.07 bits per heavy atom. The van der Waals surface area contributed by atoms with Crippen molar-refractivity contribution < 1.29 is 31.5 Å². The quantitative estimate of drug-likeness (QED) is 0.757. The van der Waals surface area contributed by atoms with Gasteiger partial charge < -0.3 is 10.0 Å². The molecule has 6 nitrogen and oxygen atoms in total. The molecular weight excluding hydrogens is 445 g/mol. The van der Waals surface area contributed by atoms with Gasteiger partial charge in [-0.2, -0.15) is 17.5 Å². The van der Waals surface area contributed by atoms with Crippen molar-refractivity contribution >= 4 is 27.5 Å². The molecule has 1 N–H and O–H groups in total. The first-order chi connectivity index (χ1) is 14.0. The molecule has 1 fully saturated rings. The highest BCUT2D eigenvalue weighted by Gasteiger charge is 2.35. The van der Waals surface area contributed by atoms with Gasteiger partial charge in [0, 0.05) is 31.7 Å². The van der Waals surface area contributed by atoms with Crippen LogP contribution in [0.2, 0.25) is 5.02 Å². The van der Waals surface area contributed by atoms with Crippen molar-refractivity contribution in [2.45, 2.75) is 17.5 Å². The minimum atomic E-state index is -4.71. The Morgan fingerprint density at radius 2 is 1.70 bits per heavy atom. The van der Waals surface area contributed by atoms with Gasteiger partial charge in [-0.25, -0.2) is 8.42 Å². The number of amides is 1. The number of phenolic OH excluding ortho intramolecular Hbond substituents is 1. The van der Waals surface area contributed by atoms with Crippen LogP contribution in [0, 0.1) is 0 Å². The Hall–Kier alpha value is -2.30. The van der Waals surface area contributed by atoms with Crippen LogP contribution >= 0.6 is 11.6 Å². The molecule has 1 aliphatic rings. The van der Waals surface area contributed by atoms with Crippen molar-refractivity contribution in [2.75, 3.05) is 26.2 Å². The highest BCUT2D eigenvalue weighted by molar-refractivity contribution is 7.89. The Morgan fingerprint density at radius 3 is 2.30 bits per heavy atom. The molecule has 1 amide bonds. The van der Waals surface area contributed by atoms with E-state index < -0.39 is 26.7 Å². The van der Waals surface area contributed by atoms with Crippen molar-refractivity contribution in [3.63, 3.8) is 0 Å². The smallest absolute Gasteiger partial charge is 0.416 e. The van der Waals surface area contributed by atoms with Crippen LogP contribution in [0.5, 0.6) is 5.75 Å². The molecule has 1 aliphatic heterocycles. The molecule has 2 aromatic carbocycles. The molecule has 1 saturated heterocycles. The standard InChI is InChI=1S/C19H18ClF3N2O4S/c20-15-6-5-14(19(21,22)23)12-17(15)30(28,29)25-9-7-24(8-10-25)18(27)11-13-3-1-2-4-16(13)26/h1-6,12,26H,7-11H2. The Labute approximate surface area is 176 Å². The predicted octanol–water partition coefficient (Wildman–Crippen LogP) is 3.14. The van der Waals surface area contributed by atoms with Gasteiger partial charge in [0.25, 0.3) is 0 Å². The van der Waals surface area contributed by atoms with E-state index >= 15 is 0 Å². The van der Waals surface area contributed by atoms with Gasteiger partial charge in [0.2, 0.25) is 15.9 Å². The van der Waals surface area contributed by atoms with E-state index in [2.05, 4.69) is 0 Å². The highest BCUT2D eigenvalue weighted by Crippen LogP contribution is 2.34. The maximum atomic E-state index is 13.0. The number of carbonyl (C=O) groups is 1. The molecule has 0 unspecified atom stereocenters. The summed E-state index contributed by atoms with van der Waals surface area (Å²) in [7, 11) is -4.27. The molecule has 0 bridgehead atoms. The average Bonchev–Trinajstić information content (AvgIpc) is 2.69. The van der Waals surface area contributed by atoms with Crippen molar-refractivity contribution in [3.05, 3.63) is 58.6 Å². The van der Waals surface area contributed by atoms with Crippen LogP contribution < -0.4 is 0 Å². The van der Waals surface area contributed by atoms with E-state index in [4.69, 9.17) is 11.6 Å². The molecule has 11 heteroatoms. The zero-order chi connectivity index (χ0) is 22.1. The van der Waals surface area contributed by atoms with Crippen LogP contribution in [0.1, 0.15) is 11.1 Å². The number of hydrogen-bond donors (Lipinski definition) is 1. The number of carbonyl (C=O) groups excluding carboxylic acids is 1. The van der Waals surface area contributed by atoms with Gasteiger partial charge in [-0.15, -0.1) is 0 Å². The monoisotopic (exact) mass is 462 g/mol. The molecule has 0 atom stereocenters. The number of sulfonamides is 1. The molecule has 1 heterocycles. The van der Waals surface area contributed by atoms with Gasteiger partial charge >= 0.3 is 6.18 Å². The predicted molar refractivity (Wildman–Crippen MR) is 104 cm³/mol. The normalized spacial score (nSPS) is 15.9. The molecule has 0 radical (unpaired) electrons. The number of nitrogens with zero attached hydrogens (tertiary/aromatic N) is 2. The lowest BCUT2D eigenvalue weighted by molar-refractivity contribution is -0.137. The minimum Gasteiger partial charge on any atom is -0.508 e. The van der Waals surface area contributed by atoms with Crippen molar-refractivity contribution in [1.82, 2.24) is 9.21 Å². The summed E-state index contributed by atoms with van der Waals surface area (Å²) >= 11 is 5.87. The van der Waals surface area contributed by atoms with Gasteiger partial charge in [0.05, 0.1) is 17.0 Å². The molecule has 2 aromatic rings. The van der Waals surface area contributed by atoms with E-state index in [1.807, 2.05) is 0 Å². The number of alkyl halides is 3. The van der Waals surface area contributed by atoms with Crippen LogP contribution in [0.15, 0.2) is 47.4 Å². The maximum Gasteiger partial charge on any atom is 0.416 e. The first kappa shape index (κ1) is 22.4. The minimum absolute atomic E-state index is 0.00810. The number of rotatable bonds is 4. The lowest BCUT2D eigenvalue weighted by atomic mass is 10.1. The van der Waals surface area contributed by atoms with Gasteiger partial charge in [0.15, 0.2) is 0 Å². The van der Waals surface area contributed by atoms with E-state index in [0.29, 0.717) is 11.6 Å². The van der Waals surface area contributed by atoms with Gasteiger partial charge in [-0.3, -0.25) is 4.79 Å². The molecule has 0 aliphatic carbocycles. The Bertz CT molecular complexity index is 1050. The second-order valence-electron chi connectivity index (χ2n) is 6.73. The number of hydrogen-bond acceptors (Lipinski definition) is 4. The summed E-state index contributed by atoms with van der Waals surface area (Å²) in [5.74, 6) is -0.295. The number of halogens is 4. The zero-order valence-corrected chi connectivity index (χ0v) is 17.1. The molecule has 162 valence electrons. The average molecular weight is 463 g/mol. The third kappa shape index (κ3) is 4.71. The van der Waals surface area contributed by atoms with E-state index in [0.717, 1.165) is 16.4 Å². The van der Waals surface area contributed by atoms with Crippen LogP contribution in [0.25, 0.3) is 0 Å². The largest absolute Gasteiger partial charge is 0.508 e. The lowest BCUT2D eigenvalue weighted by Gasteiger charge is -2.34. The first-order valence-electron chi connectivity index (χ1n) is 8.91. The van der Waals surface area contributed by atoms with E-state index in [1.165, 1.54) is 11.0 Å². The molecule has 0 aromatic heterocycles. The third-order valence-electron chi connectivity index (χ3n) is 4.80. The zero-order valence-electron chi connectivity index (χ0n) is 15.6. The molecule has 0 saturated carbocycles. The molecule has 30 heavy (non-hydrogen) atoms. The lowest BCUT2D eigenvalue weighted by Crippen LogP contribution is -2.50. The number of para-hydroxylation sites is 1. The molecular formula is C19H18ClF3N2O4S. The summed E-state index contributed by atoms with van der Waals surface area (Å²) < 4.78 is 65.6. The third-order valence-corrected chi connectivity index (χ3v) is 7.18. The van der Waals surface area contributed by atoms with Crippen LogP contribution in [-0.4, -0.2) is 54.8 Å². The maximum absolute atomic E-state index is 13.0. The van der Waals surface area contributed by atoms with Crippen molar-refractivity contribution in [2.24, 2.45) is 0 Å². The van der Waals surface area contributed by atoms with Crippen LogP contribution in [-0.2, 0) is 27.4 Å². The summed E-state index contributed by atoms with van der Waals surface area (Å²) in [5.41, 5.74) is -0.657. The topological polar surface area (TPSA) is 77.9 Å². The Balaban J connectivity index is 1.71. The van der Waals surface area contributed by atoms with E-state index in [9.17, 15) is 31.5 Å². The van der Waals surface area contributed by atoms with Crippen molar-refractivity contribution in [3.8, 4) is 5.75 Å². The van der Waals surface area contributed by atoms with E-state index in [-0.39, 0.29) is 49.3 Å². The molecule has 3 rings (SSSR count). The van der Waals surface area contributed by atoms with E-state index in [1.54, 1.807) is 18.2 Å². The fourth-order valence-corrected chi connectivity index (χ4v) is 5.05. The highest BCUT2D eigenvalue weighted by atomic mass is 35.5. The second kappa shape index (κ2) is 8.44. The van der Waals surface area contributed by atoms with Gasteiger partial charge in [-0.1, -0.05) is 29.8 Å². The summed E-state index contributed by atoms with van der Waals surface area (Å²) in [5, 5.41) is 9.48. The fourth-order valence-electron chi connectivity index (χ4n) is 3.13. The van der Waals surface area contributed by atoms with Gasteiger partial charge in [0.1, 0.15) is 10.6 Å². The number of aromatic hydroxyl groups is 1.